The molecule has 4 nitrogen and oxygen atoms in total. The van der Waals surface area contributed by atoms with Crippen molar-refractivity contribution in [1.29, 1.82) is 0 Å². The molecule has 156 valence electrons. The first-order chi connectivity index (χ1) is 12.9. The van der Waals surface area contributed by atoms with Gasteiger partial charge in [-0.25, -0.2) is 0 Å². The van der Waals surface area contributed by atoms with Gasteiger partial charge < -0.3 is 0 Å². The molecule has 28 heavy (non-hydrogen) atoms. The Hall–Kier alpha value is -0.751. The molecule has 0 spiro atoms. The van der Waals surface area contributed by atoms with E-state index in [1.54, 1.807) is 4.90 Å². The quantitative estimate of drug-likeness (QED) is 0.497. The Bertz CT molecular complexity index is 680. The van der Waals surface area contributed by atoms with Crippen molar-refractivity contribution in [3.63, 3.8) is 0 Å². The van der Waals surface area contributed by atoms with Crippen LogP contribution in [0.3, 0.4) is 0 Å². The summed E-state index contributed by atoms with van der Waals surface area (Å²) in [5, 5.41) is 0. The van der Waals surface area contributed by atoms with E-state index in [2.05, 4.69) is 45.2 Å². The number of carbonyl (C=O) groups excluding carboxylic acids is 1. The van der Waals surface area contributed by atoms with Crippen molar-refractivity contribution in [3.05, 3.63) is 35.9 Å². The third kappa shape index (κ3) is 4.38. The number of benzene rings is 1. The van der Waals surface area contributed by atoms with E-state index in [0.717, 1.165) is 19.3 Å². The van der Waals surface area contributed by atoms with Crippen LogP contribution in [-0.2, 0) is 9.47 Å². The van der Waals surface area contributed by atoms with E-state index in [1.807, 2.05) is 27.7 Å². The Morgan fingerprint density at radius 3 is 2.32 bits per heavy atom. The van der Waals surface area contributed by atoms with Gasteiger partial charge in [0.1, 0.15) is 0 Å². The summed E-state index contributed by atoms with van der Waals surface area (Å²) >= 11 is -2.32. The van der Waals surface area contributed by atoms with Gasteiger partial charge in [-0.2, -0.15) is 0 Å². The molecule has 1 amide bonds. The first kappa shape index (κ1) is 21.9. The van der Waals surface area contributed by atoms with Gasteiger partial charge in [0.15, 0.2) is 0 Å². The SMILES string of the molecule is CC1(C)COC(C)(C)N1C(=O)O[C@@H]1CCC[C@H]1[C@@H](c1ccccc1)[Sn]([CH3])([CH3])[CH3]. The molecule has 0 unspecified atom stereocenters. The van der Waals surface area contributed by atoms with Crippen LogP contribution in [0, 0.1) is 5.92 Å². The molecular formula is C23H37NO3Sn. The standard InChI is InChI=1S/C20H28NO3.3CH3.Sn/c1-19(2)14-23-20(3,4)21(19)18(22)24-17-12-8-11-16(17)13-15-9-6-5-7-10-15;;;;/h5-7,9-10,13,16-17H,8,11-12,14H2,1-4H3;3*1H3;/t16-,17+;;;;/m0..../s1. The van der Waals surface area contributed by atoms with Crippen molar-refractivity contribution in [2.75, 3.05) is 6.61 Å². The number of rotatable bonds is 4. The van der Waals surface area contributed by atoms with Crippen LogP contribution >= 0.6 is 0 Å². The molecule has 0 bridgehead atoms. The molecule has 1 saturated heterocycles. The van der Waals surface area contributed by atoms with Crippen molar-refractivity contribution in [3.8, 4) is 0 Å². The second-order valence-electron chi connectivity index (χ2n) is 10.7. The van der Waals surface area contributed by atoms with E-state index in [9.17, 15) is 4.79 Å². The topological polar surface area (TPSA) is 38.8 Å². The van der Waals surface area contributed by atoms with Gasteiger partial charge in [0.2, 0.25) is 0 Å². The van der Waals surface area contributed by atoms with E-state index >= 15 is 0 Å². The average molecular weight is 494 g/mol. The minimum atomic E-state index is -2.32. The number of ether oxygens (including phenoxy) is 2. The molecule has 1 saturated carbocycles. The van der Waals surface area contributed by atoms with Crippen molar-refractivity contribution >= 4 is 24.5 Å². The molecule has 1 heterocycles. The summed E-state index contributed by atoms with van der Waals surface area (Å²) < 4.78 is 12.7. The minimum absolute atomic E-state index is 0.000770. The van der Waals surface area contributed by atoms with Gasteiger partial charge in [-0.3, -0.25) is 0 Å². The van der Waals surface area contributed by atoms with Crippen LogP contribution in [0.25, 0.3) is 0 Å². The summed E-state index contributed by atoms with van der Waals surface area (Å²) in [5.41, 5.74) is 0.456. The summed E-state index contributed by atoms with van der Waals surface area (Å²) in [6, 6.07) is 10.9. The summed E-state index contributed by atoms with van der Waals surface area (Å²) in [6.07, 6.45) is 3.03. The van der Waals surface area contributed by atoms with Gasteiger partial charge in [0, 0.05) is 0 Å². The molecular weight excluding hydrogens is 457 g/mol. The fourth-order valence-corrected chi connectivity index (χ4v) is 13.6. The zero-order chi connectivity index (χ0) is 20.7. The second kappa shape index (κ2) is 7.82. The van der Waals surface area contributed by atoms with Gasteiger partial charge in [-0.1, -0.05) is 0 Å². The van der Waals surface area contributed by atoms with E-state index in [4.69, 9.17) is 9.47 Å². The second-order valence-corrected chi connectivity index (χ2v) is 25.9. The van der Waals surface area contributed by atoms with Crippen molar-refractivity contribution in [2.45, 2.75) is 83.1 Å². The molecule has 1 aromatic carbocycles. The van der Waals surface area contributed by atoms with Crippen molar-refractivity contribution in [2.24, 2.45) is 5.92 Å². The number of hydrogen-bond acceptors (Lipinski definition) is 3. The number of amides is 1. The first-order valence-electron chi connectivity index (χ1n) is 10.6. The summed E-state index contributed by atoms with van der Waals surface area (Å²) in [5.74, 6) is 0.428. The third-order valence-electron chi connectivity index (χ3n) is 6.38. The molecule has 0 aromatic heterocycles. The van der Waals surface area contributed by atoms with Gasteiger partial charge in [0.05, 0.1) is 0 Å². The van der Waals surface area contributed by atoms with E-state index in [1.165, 1.54) is 5.56 Å². The van der Waals surface area contributed by atoms with Crippen LogP contribution in [-0.4, -0.2) is 53.3 Å². The summed E-state index contributed by atoms with van der Waals surface area (Å²) in [6.45, 7) is 8.54. The molecule has 0 N–H and O–H groups in total. The van der Waals surface area contributed by atoms with E-state index in [-0.39, 0.29) is 17.7 Å². The van der Waals surface area contributed by atoms with Crippen LogP contribution in [0.2, 0.25) is 14.8 Å². The summed E-state index contributed by atoms with van der Waals surface area (Å²) in [4.78, 5) is 22.5. The average Bonchev–Trinajstić information content (AvgIpc) is 3.09. The molecule has 2 aliphatic rings. The van der Waals surface area contributed by atoms with Crippen LogP contribution < -0.4 is 0 Å². The third-order valence-corrected chi connectivity index (χ3v) is 13.9. The van der Waals surface area contributed by atoms with Crippen molar-refractivity contribution < 1.29 is 14.3 Å². The van der Waals surface area contributed by atoms with Gasteiger partial charge in [0.25, 0.3) is 0 Å². The monoisotopic (exact) mass is 495 g/mol. The zero-order valence-corrected chi connectivity index (χ0v) is 21.5. The predicted octanol–water partition coefficient (Wildman–Crippen LogP) is 5.80. The molecule has 5 heteroatoms. The Balaban J connectivity index is 1.83. The van der Waals surface area contributed by atoms with E-state index < -0.39 is 24.1 Å². The van der Waals surface area contributed by atoms with Crippen LogP contribution in [0.5, 0.6) is 0 Å². The van der Waals surface area contributed by atoms with Gasteiger partial charge in [-0.15, -0.1) is 0 Å². The molecule has 3 atom stereocenters. The maximum atomic E-state index is 13.2. The summed E-state index contributed by atoms with van der Waals surface area (Å²) in [7, 11) is 0. The molecule has 1 aromatic rings. The van der Waals surface area contributed by atoms with Gasteiger partial charge in [-0.05, 0) is 0 Å². The molecule has 0 radical (unpaired) electrons. The van der Waals surface area contributed by atoms with Crippen LogP contribution in [0.15, 0.2) is 30.3 Å². The van der Waals surface area contributed by atoms with Crippen LogP contribution in [0.4, 0.5) is 4.79 Å². The van der Waals surface area contributed by atoms with Crippen LogP contribution in [0.1, 0.15) is 56.5 Å². The fraction of sp³-hybridized carbons (Fsp3) is 0.696. The molecule has 3 rings (SSSR count). The van der Waals surface area contributed by atoms with Crippen molar-refractivity contribution in [1.82, 2.24) is 4.90 Å². The first-order valence-corrected chi connectivity index (χ1v) is 20.8. The normalized spacial score (nSPS) is 27.6. The Kier molecular flexibility index (Phi) is 6.13. The number of hydrogen-bond donors (Lipinski definition) is 0. The Morgan fingerprint density at radius 1 is 1.14 bits per heavy atom. The predicted molar refractivity (Wildman–Crippen MR) is 116 cm³/mol. The molecule has 1 aliphatic heterocycles. The zero-order valence-electron chi connectivity index (χ0n) is 18.6. The Morgan fingerprint density at radius 2 is 1.79 bits per heavy atom. The number of nitrogens with zero attached hydrogens (tertiary/aromatic N) is 1. The molecule has 2 fully saturated rings. The van der Waals surface area contributed by atoms with Gasteiger partial charge >= 0.3 is 175 Å². The molecule has 1 aliphatic carbocycles. The van der Waals surface area contributed by atoms with E-state index in [0.29, 0.717) is 16.5 Å². The Labute approximate surface area is 174 Å². The fourth-order valence-electron chi connectivity index (χ4n) is 5.39. The number of carbonyl (C=O) groups is 1. The maximum absolute atomic E-state index is 13.2.